The number of hydrogen-bond acceptors (Lipinski definition) is 8. The van der Waals surface area contributed by atoms with Gasteiger partial charge in [0.2, 0.25) is 11.8 Å². The molecule has 1 N–H and O–H groups in total. The van der Waals surface area contributed by atoms with E-state index in [0.717, 1.165) is 5.52 Å². The standard InChI is InChI=1S/C29H37N5O5S/c1-5-13-32(17-33-21-10-8-7-9-20(21)30-31-33)27(37)25-29-12-11-22(40-29)23(28(38)39-14-6-2)24(29)26(36)34(25)19(16-35)15-18(3)4/h5-10,18-19,22-25,35H,1-2,11-17H2,3-4H3/t19-,22+,23-,24+,25?,29?/m1/s1. The number of aliphatic hydroxyl groups excluding tert-OH is 1. The number of para-hydroxylation sites is 1. The van der Waals surface area contributed by atoms with Crippen molar-refractivity contribution in [1.29, 1.82) is 0 Å². The van der Waals surface area contributed by atoms with Crippen LogP contribution in [0.25, 0.3) is 11.0 Å². The zero-order valence-electron chi connectivity index (χ0n) is 23.0. The average Bonchev–Trinajstić information content (AvgIpc) is 3.69. The normalized spacial score (nSPS) is 27.7. The molecule has 0 radical (unpaired) electrons. The predicted octanol–water partition coefficient (Wildman–Crippen LogP) is 2.63. The SMILES string of the molecule is C=CCOC(=O)[C@@H]1[C@@H]2CCC3(S2)C(C(=O)N(CC=C)Cn2nnc4ccccc42)N([C@@H](CO)CC(C)C)C(=O)[C@H]13. The fourth-order valence-corrected chi connectivity index (χ4v) is 9.01. The molecule has 0 aliphatic carbocycles. The van der Waals surface area contributed by atoms with E-state index < -0.39 is 34.6 Å². The highest BCUT2D eigenvalue weighted by Gasteiger charge is 2.74. The lowest BCUT2D eigenvalue weighted by Gasteiger charge is -2.40. The number of amides is 2. The van der Waals surface area contributed by atoms with Gasteiger partial charge in [0.1, 0.15) is 24.8 Å². The third-order valence-electron chi connectivity index (χ3n) is 8.32. The van der Waals surface area contributed by atoms with Crippen LogP contribution in [-0.2, 0) is 25.8 Å². The van der Waals surface area contributed by atoms with Gasteiger partial charge in [-0.05, 0) is 37.3 Å². The van der Waals surface area contributed by atoms with E-state index in [4.69, 9.17) is 4.74 Å². The lowest BCUT2D eigenvalue weighted by molar-refractivity contribution is -0.153. The Kier molecular flexibility index (Phi) is 8.05. The highest BCUT2D eigenvalue weighted by molar-refractivity contribution is 8.02. The number of aromatic nitrogens is 3. The number of thioether (sulfide) groups is 1. The van der Waals surface area contributed by atoms with Gasteiger partial charge in [-0.3, -0.25) is 14.4 Å². The number of ether oxygens (including phenoxy) is 1. The molecule has 3 aliphatic heterocycles. The zero-order valence-corrected chi connectivity index (χ0v) is 23.8. The summed E-state index contributed by atoms with van der Waals surface area (Å²) < 4.78 is 6.32. The Labute approximate surface area is 238 Å². The number of rotatable bonds is 12. The lowest BCUT2D eigenvalue weighted by atomic mass is 9.71. The number of likely N-dealkylation sites (tertiary alicyclic amines) is 1. The fraction of sp³-hybridized carbons (Fsp3) is 0.552. The second-order valence-electron chi connectivity index (χ2n) is 11.3. The fourth-order valence-electron chi connectivity index (χ4n) is 6.82. The van der Waals surface area contributed by atoms with Crippen LogP contribution in [0.1, 0.15) is 33.1 Å². The molecule has 2 amide bonds. The second-order valence-corrected chi connectivity index (χ2v) is 12.9. The number of carbonyl (C=O) groups excluding carboxylic acids is 3. The van der Waals surface area contributed by atoms with E-state index in [0.29, 0.717) is 24.8 Å². The molecule has 4 heterocycles. The van der Waals surface area contributed by atoms with Gasteiger partial charge in [-0.15, -0.1) is 23.4 Å². The van der Waals surface area contributed by atoms with E-state index in [1.54, 1.807) is 32.3 Å². The van der Waals surface area contributed by atoms with Crippen molar-refractivity contribution in [3.8, 4) is 0 Å². The quantitative estimate of drug-likeness (QED) is 0.307. The first kappa shape index (κ1) is 28.4. The van der Waals surface area contributed by atoms with Crippen molar-refractivity contribution in [1.82, 2.24) is 24.8 Å². The summed E-state index contributed by atoms with van der Waals surface area (Å²) in [7, 11) is 0. The van der Waals surface area contributed by atoms with E-state index in [-0.39, 0.29) is 49.4 Å². The largest absolute Gasteiger partial charge is 0.461 e. The first-order chi connectivity index (χ1) is 19.3. The van der Waals surface area contributed by atoms with Gasteiger partial charge < -0.3 is 19.6 Å². The van der Waals surface area contributed by atoms with Gasteiger partial charge in [-0.25, -0.2) is 4.68 Å². The molecule has 2 bridgehead atoms. The Morgan fingerprint density at radius 1 is 1.30 bits per heavy atom. The molecule has 1 aromatic carbocycles. The molecular weight excluding hydrogens is 530 g/mol. The van der Waals surface area contributed by atoms with Crippen molar-refractivity contribution in [3.63, 3.8) is 0 Å². The van der Waals surface area contributed by atoms with Gasteiger partial charge in [0.25, 0.3) is 0 Å². The van der Waals surface area contributed by atoms with Crippen LogP contribution in [0.4, 0.5) is 0 Å². The smallest absolute Gasteiger partial charge is 0.311 e. The van der Waals surface area contributed by atoms with Crippen molar-refractivity contribution in [2.45, 2.75) is 61.9 Å². The van der Waals surface area contributed by atoms with Crippen molar-refractivity contribution < 1.29 is 24.2 Å². The summed E-state index contributed by atoms with van der Waals surface area (Å²) in [5.41, 5.74) is 1.50. The van der Waals surface area contributed by atoms with Crippen LogP contribution >= 0.6 is 11.8 Å². The number of hydrogen-bond donors (Lipinski definition) is 1. The summed E-state index contributed by atoms with van der Waals surface area (Å²) in [6, 6.07) is 6.12. The van der Waals surface area contributed by atoms with Gasteiger partial charge in [-0.2, -0.15) is 0 Å². The first-order valence-electron chi connectivity index (χ1n) is 13.8. The number of aliphatic hydroxyl groups is 1. The molecule has 3 saturated heterocycles. The molecule has 214 valence electrons. The Morgan fingerprint density at radius 2 is 2.08 bits per heavy atom. The lowest BCUT2D eigenvalue weighted by Crippen LogP contribution is -2.57. The molecule has 1 spiro atoms. The number of nitrogens with zero attached hydrogens (tertiary/aromatic N) is 5. The van der Waals surface area contributed by atoms with Crippen molar-refractivity contribution in [2.75, 3.05) is 19.8 Å². The molecule has 6 atom stereocenters. The Bertz CT molecular complexity index is 1310. The molecular formula is C29H37N5O5S. The third-order valence-corrected chi connectivity index (χ3v) is 10.3. The highest BCUT2D eigenvalue weighted by Crippen LogP contribution is 2.67. The van der Waals surface area contributed by atoms with Crippen LogP contribution in [0.5, 0.6) is 0 Å². The van der Waals surface area contributed by atoms with Gasteiger partial charge in [0.15, 0.2) is 0 Å². The zero-order chi connectivity index (χ0) is 28.6. The minimum atomic E-state index is -0.845. The molecule has 1 aromatic heterocycles. The van der Waals surface area contributed by atoms with Crippen LogP contribution in [0.2, 0.25) is 0 Å². The minimum Gasteiger partial charge on any atom is -0.461 e. The predicted molar refractivity (Wildman–Crippen MR) is 152 cm³/mol. The first-order valence-corrected chi connectivity index (χ1v) is 14.7. The van der Waals surface area contributed by atoms with Crippen LogP contribution in [0.15, 0.2) is 49.6 Å². The van der Waals surface area contributed by atoms with Crippen LogP contribution < -0.4 is 0 Å². The maximum atomic E-state index is 14.6. The average molecular weight is 568 g/mol. The number of fused-ring (bicyclic) bond motifs is 2. The number of benzene rings is 1. The van der Waals surface area contributed by atoms with Gasteiger partial charge in [0, 0.05) is 11.8 Å². The Balaban J connectivity index is 1.55. The minimum absolute atomic E-state index is 0.0678. The second kappa shape index (κ2) is 11.4. The summed E-state index contributed by atoms with van der Waals surface area (Å²) in [5.74, 6) is -2.07. The van der Waals surface area contributed by atoms with Crippen LogP contribution in [0.3, 0.4) is 0 Å². The Morgan fingerprint density at radius 3 is 2.77 bits per heavy atom. The third kappa shape index (κ3) is 4.62. The summed E-state index contributed by atoms with van der Waals surface area (Å²) in [6.45, 7) is 11.7. The van der Waals surface area contributed by atoms with Crippen molar-refractivity contribution in [2.24, 2.45) is 17.8 Å². The van der Waals surface area contributed by atoms with E-state index in [2.05, 4.69) is 23.5 Å². The van der Waals surface area contributed by atoms with E-state index >= 15 is 0 Å². The molecule has 3 aliphatic rings. The molecule has 11 heteroatoms. The molecule has 10 nitrogen and oxygen atoms in total. The van der Waals surface area contributed by atoms with Gasteiger partial charge >= 0.3 is 5.97 Å². The van der Waals surface area contributed by atoms with Gasteiger partial charge in [-0.1, -0.05) is 49.9 Å². The molecule has 40 heavy (non-hydrogen) atoms. The van der Waals surface area contributed by atoms with Crippen molar-refractivity contribution in [3.05, 3.63) is 49.6 Å². The van der Waals surface area contributed by atoms with Crippen LogP contribution in [0, 0.1) is 17.8 Å². The molecule has 0 saturated carbocycles. The topological polar surface area (TPSA) is 118 Å². The molecule has 3 fully saturated rings. The summed E-state index contributed by atoms with van der Waals surface area (Å²) in [5, 5.41) is 18.9. The summed E-state index contributed by atoms with van der Waals surface area (Å²) >= 11 is 1.58. The van der Waals surface area contributed by atoms with Gasteiger partial charge in [0.05, 0.1) is 34.7 Å². The summed E-state index contributed by atoms with van der Waals surface area (Å²) in [6.07, 6.45) is 5.03. The highest BCUT2D eigenvalue weighted by atomic mass is 32.2. The molecule has 5 rings (SSSR count). The molecule has 2 unspecified atom stereocenters. The summed E-state index contributed by atoms with van der Waals surface area (Å²) in [4.78, 5) is 45.4. The van der Waals surface area contributed by atoms with Crippen molar-refractivity contribution >= 4 is 40.6 Å². The molecule has 2 aromatic rings. The maximum absolute atomic E-state index is 14.6. The Hall–Kier alpha value is -3.18. The van der Waals surface area contributed by atoms with E-state index in [1.807, 2.05) is 38.1 Å². The van der Waals surface area contributed by atoms with E-state index in [9.17, 15) is 19.5 Å². The van der Waals surface area contributed by atoms with E-state index in [1.165, 1.54) is 6.08 Å². The monoisotopic (exact) mass is 567 g/mol. The number of esters is 1. The maximum Gasteiger partial charge on any atom is 0.311 e. The number of carbonyl (C=O) groups is 3. The van der Waals surface area contributed by atoms with Crippen LogP contribution in [-0.4, -0.2) is 89.5 Å².